The molecule has 10 nitrogen and oxygen atoms in total. The number of pyridine rings is 1. The highest BCUT2D eigenvalue weighted by Gasteiger charge is 2.27. The number of carbonyl (C=O) groups excluding carboxylic acids is 2. The molecule has 45 heavy (non-hydrogen) atoms. The maximum Gasteiger partial charge on any atom is 0.411 e. The van der Waals surface area contributed by atoms with Gasteiger partial charge in [-0.3, -0.25) is 14.9 Å². The average molecular weight is 605 g/mol. The summed E-state index contributed by atoms with van der Waals surface area (Å²) < 4.78 is 7.60. The van der Waals surface area contributed by atoms with Crippen molar-refractivity contribution in [3.8, 4) is 11.3 Å². The molecule has 0 aliphatic carbocycles. The molecule has 0 spiro atoms. The molecule has 5 aromatic rings. The molecule has 2 aromatic heterocycles. The second-order valence-corrected chi connectivity index (χ2v) is 11.7. The van der Waals surface area contributed by atoms with Gasteiger partial charge in [0.15, 0.2) is 0 Å². The lowest BCUT2D eigenvalue weighted by molar-refractivity contribution is -0.131. The fourth-order valence-electron chi connectivity index (χ4n) is 5.96. The normalized spacial score (nSPS) is 17.3. The van der Waals surface area contributed by atoms with Gasteiger partial charge in [0.2, 0.25) is 5.91 Å². The number of nitrogens with zero attached hydrogens (tertiary/aromatic N) is 3. The van der Waals surface area contributed by atoms with Gasteiger partial charge in [-0.1, -0.05) is 37.3 Å². The first-order valence-corrected chi connectivity index (χ1v) is 14.9. The number of nitrogens with one attached hydrogen (secondary N) is 3. The molecule has 4 heterocycles. The number of aryl methyl sites for hydroxylation is 2. The van der Waals surface area contributed by atoms with Gasteiger partial charge >= 0.3 is 6.09 Å². The van der Waals surface area contributed by atoms with Crippen molar-refractivity contribution in [2.45, 2.75) is 39.3 Å². The summed E-state index contributed by atoms with van der Waals surface area (Å²) in [6, 6.07) is 18.2. The van der Waals surface area contributed by atoms with E-state index in [4.69, 9.17) is 4.74 Å². The van der Waals surface area contributed by atoms with Crippen molar-refractivity contribution in [2.24, 2.45) is 7.05 Å². The molecular formula is C35H36N6O4. The lowest BCUT2D eigenvalue weighted by atomic mass is 9.92. The first-order chi connectivity index (χ1) is 21.6. The molecule has 2 atom stereocenters. The van der Waals surface area contributed by atoms with Gasteiger partial charge in [0.1, 0.15) is 11.9 Å². The molecule has 0 saturated heterocycles. The number of H-pyrrole nitrogens is 1. The van der Waals surface area contributed by atoms with Gasteiger partial charge in [0.25, 0.3) is 5.56 Å². The van der Waals surface area contributed by atoms with Crippen molar-refractivity contribution in [1.82, 2.24) is 19.4 Å². The first kappa shape index (κ1) is 29.7. The third-order valence-electron chi connectivity index (χ3n) is 8.59. The van der Waals surface area contributed by atoms with Crippen LogP contribution in [-0.2, 0) is 23.1 Å². The third-order valence-corrected chi connectivity index (χ3v) is 8.59. The standard InChI is InChI=1S/C35H36N6O4/c1-20-14-24-7-10-28(20)21(2)19-45-35(44)39-26-9-11-29(31-17-37-22(3)41(31)5)25(15-26)18-40(4)34(43)32(24)38-27-8-6-23-12-13-36-33(42)30(23)16-27/h6-17,21,32,38H,18-19H2,1-5H3,(H,36,42)(H,39,44)/t21-,32?/m0/s1. The van der Waals surface area contributed by atoms with E-state index in [1.807, 2.05) is 87.0 Å². The highest BCUT2D eigenvalue weighted by atomic mass is 16.5. The summed E-state index contributed by atoms with van der Waals surface area (Å²) in [5.41, 5.74) is 6.42. The Labute approximate surface area is 261 Å². The molecule has 2 aliphatic heterocycles. The zero-order chi connectivity index (χ0) is 31.8. The molecule has 3 aromatic carbocycles. The van der Waals surface area contributed by atoms with Crippen molar-refractivity contribution in [3.05, 3.63) is 111 Å². The third kappa shape index (κ3) is 5.91. The van der Waals surface area contributed by atoms with Crippen molar-refractivity contribution in [1.29, 1.82) is 0 Å². The zero-order valence-corrected chi connectivity index (χ0v) is 26.0. The molecule has 2 amide bonds. The number of rotatable bonds is 3. The predicted octanol–water partition coefficient (Wildman–Crippen LogP) is 6.02. The topological polar surface area (TPSA) is 121 Å². The number of amides is 2. The molecule has 0 saturated carbocycles. The smallest absolute Gasteiger partial charge is 0.411 e. The quantitative estimate of drug-likeness (QED) is 0.232. The summed E-state index contributed by atoms with van der Waals surface area (Å²) in [6.45, 7) is 6.38. The van der Waals surface area contributed by atoms with Crippen LogP contribution < -0.4 is 16.2 Å². The molecule has 2 aliphatic rings. The van der Waals surface area contributed by atoms with Crippen LogP contribution in [0.2, 0.25) is 0 Å². The van der Waals surface area contributed by atoms with E-state index in [0.717, 1.165) is 44.7 Å². The second-order valence-electron chi connectivity index (χ2n) is 11.7. The summed E-state index contributed by atoms with van der Waals surface area (Å²) in [5.74, 6) is 0.627. The SMILES string of the molecule is Cc1cc2ccc1[C@@H](C)COC(=O)Nc1ccc(-c3cnc(C)n3C)c(c1)CN(C)C(=O)C2Nc1ccc2cc[nH]c(=O)c2c1. The number of fused-ring (bicyclic) bond motifs is 10. The number of hydrogen-bond acceptors (Lipinski definition) is 6. The zero-order valence-electron chi connectivity index (χ0n) is 26.0. The van der Waals surface area contributed by atoms with Gasteiger partial charge in [-0.25, -0.2) is 9.78 Å². The Balaban J connectivity index is 1.44. The van der Waals surface area contributed by atoms with E-state index in [0.29, 0.717) is 16.8 Å². The van der Waals surface area contributed by atoms with Crippen molar-refractivity contribution >= 4 is 34.1 Å². The van der Waals surface area contributed by atoms with Crippen LogP contribution in [0.15, 0.2) is 77.9 Å². The predicted molar refractivity (Wildman–Crippen MR) is 175 cm³/mol. The molecule has 0 radical (unpaired) electrons. The van der Waals surface area contributed by atoms with Crippen LogP contribution in [-0.4, -0.2) is 45.1 Å². The van der Waals surface area contributed by atoms with E-state index in [2.05, 4.69) is 20.6 Å². The highest BCUT2D eigenvalue weighted by Crippen LogP contribution is 2.32. The van der Waals surface area contributed by atoms with E-state index >= 15 is 0 Å². The lowest BCUT2D eigenvalue weighted by Gasteiger charge is -2.28. The summed E-state index contributed by atoms with van der Waals surface area (Å²) in [7, 11) is 3.71. The van der Waals surface area contributed by atoms with E-state index in [-0.39, 0.29) is 30.5 Å². The fraction of sp³-hybridized carbons (Fsp3) is 0.257. The second kappa shape index (κ2) is 12.0. The molecule has 230 valence electrons. The van der Waals surface area contributed by atoms with Crippen LogP contribution in [0.5, 0.6) is 0 Å². The number of imidazole rings is 1. The first-order valence-electron chi connectivity index (χ1n) is 14.9. The van der Waals surface area contributed by atoms with Crippen LogP contribution in [0.25, 0.3) is 22.0 Å². The van der Waals surface area contributed by atoms with Crippen molar-refractivity contribution in [3.63, 3.8) is 0 Å². The minimum Gasteiger partial charge on any atom is -0.449 e. The Hall–Kier alpha value is -5.38. The molecule has 10 heteroatoms. The Kier molecular flexibility index (Phi) is 7.88. The molecule has 4 bridgehead atoms. The van der Waals surface area contributed by atoms with Crippen LogP contribution in [0.1, 0.15) is 47.0 Å². The van der Waals surface area contributed by atoms with Gasteiger partial charge in [0.05, 0.1) is 18.5 Å². The lowest BCUT2D eigenvalue weighted by Crippen LogP contribution is -2.35. The van der Waals surface area contributed by atoms with Gasteiger partial charge < -0.3 is 24.5 Å². The number of carbonyl (C=O) groups is 2. The van der Waals surface area contributed by atoms with Crippen LogP contribution in [0.3, 0.4) is 0 Å². The molecular weight excluding hydrogens is 568 g/mol. The number of aromatic amines is 1. The summed E-state index contributed by atoms with van der Waals surface area (Å²) in [5, 5.41) is 7.63. The van der Waals surface area contributed by atoms with Crippen molar-refractivity contribution < 1.29 is 14.3 Å². The number of aromatic nitrogens is 3. The number of hydrogen-bond donors (Lipinski definition) is 3. The fourth-order valence-corrected chi connectivity index (χ4v) is 5.96. The van der Waals surface area contributed by atoms with E-state index < -0.39 is 12.1 Å². The maximum absolute atomic E-state index is 14.4. The van der Waals surface area contributed by atoms with Gasteiger partial charge in [-0.2, -0.15) is 0 Å². The van der Waals surface area contributed by atoms with Crippen molar-refractivity contribution in [2.75, 3.05) is 24.3 Å². The largest absolute Gasteiger partial charge is 0.449 e. The number of anilines is 2. The van der Waals surface area contributed by atoms with Crippen LogP contribution in [0.4, 0.5) is 16.2 Å². The number of ether oxygens (including phenoxy) is 1. The van der Waals surface area contributed by atoms with E-state index in [1.165, 1.54) is 0 Å². The number of likely N-dealkylation sites (N-methyl/N-ethyl adjacent to an activating group) is 1. The van der Waals surface area contributed by atoms with Gasteiger partial charge in [0, 0.05) is 55.1 Å². The highest BCUT2D eigenvalue weighted by molar-refractivity contribution is 5.89. The van der Waals surface area contributed by atoms with E-state index in [9.17, 15) is 14.4 Å². The molecule has 0 fully saturated rings. The van der Waals surface area contributed by atoms with Crippen LogP contribution >= 0.6 is 0 Å². The molecule has 1 unspecified atom stereocenters. The Morgan fingerprint density at radius 1 is 0.978 bits per heavy atom. The molecule has 3 N–H and O–H groups in total. The summed E-state index contributed by atoms with van der Waals surface area (Å²) in [6.07, 6.45) is 2.89. The maximum atomic E-state index is 14.4. The van der Waals surface area contributed by atoms with E-state index in [1.54, 1.807) is 30.4 Å². The van der Waals surface area contributed by atoms with Gasteiger partial charge in [-0.05, 0) is 71.8 Å². The Morgan fingerprint density at radius 3 is 2.56 bits per heavy atom. The van der Waals surface area contributed by atoms with Gasteiger partial charge in [-0.15, -0.1) is 0 Å². The Morgan fingerprint density at radius 2 is 1.80 bits per heavy atom. The average Bonchev–Trinajstić information content (AvgIpc) is 3.35. The monoisotopic (exact) mass is 604 g/mol. The summed E-state index contributed by atoms with van der Waals surface area (Å²) >= 11 is 0. The minimum absolute atomic E-state index is 0.0688. The minimum atomic E-state index is -0.743. The van der Waals surface area contributed by atoms with Crippen LogP contribution in [0, 0.1) is 13.8 Å². The Bertz CT molecular complexity index is 1990. The summed E-state index contributed by atoms with van der Waals surface area (Å²) in [4.78, 5) is 48.6. The molecule has 7 rings (SSSR count). The number of benzene rings is 3.